The average molecular weight is 306 g/mol. The van der Waals surface area contributed by atoms with Gasteiger partial charge in [0.05, 0.1) is 11.7 Å². The predicted molar refractivity (Wildman–Crippen MR) is 85.8 cm³/mol. The topological polar surface area (TPSA) is 46.9 Å². The maximum atomic E-state index is 12.2. The molecular weight excluding hydrogens is 286 g/mol. The number of aryl methyl sites for hydroxylation is 3. The quantitative estimate of drug-likeness (QED) is 0.926. The van der Waals surface area contributed by atoms with Crippen molar-refractivity contribution in [1.29, 1.82) is 0 Å². The third kappa shape index (κ3) is 3.85. The molecule has 1 aromatic heterocycles. The second-order valence-corrected chi connectivity index (χ2v) is 5.87. The van der Waals surface area contributed by atoms with E-state index in [9.17, 15) is 4.79 Å². The van der Waals surface area contributed by atoms with Crippen LogP contribution in [0.1, 0.15) is 36.3 Å². The van der Waals surface area contributed by atoms with Gasteiger partial charge in [0, 0.05) is 22.8 Å². The molecule has 2 aromatic rings. The van der Waals surface area contributed by atoms with Gasteiger partial charge in [-0.2, -0.15) is 5.10 Å². The number of benzene rings is 1. The number of halogens is 1. The van der Waals surface area contributed by atoms with Gasteiger partial charge in [-0.05, 0) is 51.5 Å². The van der Waals surface area contributed by atoms with Gasteiger partial charge in [0.25, 0.3) is 0 Å². The van der Waals surface area contributed by atoms with Gasteiger partial charge in [0.1, 0.15) is 0 Å². The first-order valence-corrected chi connectivity index (χ1v) is 7.33. The lowest BCUT2D eigenvalue weighted by Crippen LogP contribution is -2.19. The van der Waals surface area contributed by atoms with Gasteiger partial charge < -0.3 is 5.32 Å². The number of carbonyl (C=O) groups is 1. The lowest BCUT2D eigenvalue weighted by Gasteiger charge is -2.15. The first-order chi connectivity index (χ1) is 9.86. The first-order valence-electron chi connectivity index (χ1n) is 6.95. The molecule has 0 aliphatic heterocycles. The van der Waals surface area contributed by atoms with Crippen LogP contribution in [0.5, 0.6) is 0 Å². The molecule has 0 saturated heterocycles. The SMILES string of the molecule is Cc1cc(C)n([C@@H](C)CC(=O)Nc2cc(Cl)ccc2C)n1. The maximum Gasteiger partial charge on any atom is 0.226 e. The molecule has 4 nitrogen and oxygen atoms in total. The molecule has 1 heterocycles. The summed E-state index contributed by atoms with van der Waals surface area (Å²) in [6, 6.07) is 7.49. The number of carbonyl (C=O) groups excluding carboxylic acids is 1. The van der Waals surface area contributed by atoms with Gasteiger partial charge >= 0.3 is 0 Å². The van der Waals surface area contributed by atoms with Gasteiger partial charge in [-0.3, -0.25) is 9.48 Å². The average Bonchev–Trinajstić information content (AvgIpc) is 2.73. The Bertz CT molecular complexity index is 664. The van der Waals surface area contributed by atoms with E-state index in [0.717, 1.165) is 22.6 Å². The normalized spacial score (nSPS) is 12.2. The lowest BCUT2D eigenvalue weighted by molar-refractivity contribution is -0.116. The van der Waals surface area contributed by atoms with E-state index in [4.69, 9.17) is 11.6 Å². The van der Waals surface area contributed by atoms with Crippen molar-refractivity contribution in [3.05, 3.63) is 46.2 Å². The highest BCUT2D eigenvalue weighted by molar-refractivity contribution is 6.31. The number of hydrogen-bond acceptors (Lipinski definition) is 2. The Kier molecular flexibility index (Phi) is 4.68. The maximum absolute atomic E-state index is 12.2. The van der Waals surface area contributed by atoms with Crippen LogP contribution in [-0.2, 0) is 4.79 Å². The van der Waals surface area contributed by atoms with Gasteiger partial charge in [-0.15, -0.1) is 0 Å². The van der Waals surface area contributed by atoms with E-state index in [1.807, 2.05) is 50.6 Å². The Morgan fingerprint density at radius 1 is 1.33 bits per heavy atom. The molecule has 0 saturated carbocycles. The lowest BCUT2D eigenvalue weighted by atomic mass is 10.1. The van der Waals surface area contributed by atoms with Gasteiger partial charge in [0.2, 0.25) is 5.91 Å². The van der Waals surface area contributed by atoms with E-state index in [1.165, 1.54) is 0 Å². The number of amides is 1. The Hall–Kier alpha value is -1.81. The number of anilines is 1. The van der Waals surface area contributed by atoms with Crippen LogP contribution in [0.4, 0.5) is 5.69 Å². The monoisotopic (exact) mass is 305 g/mol. The summed E-state index contributed by atoms with van der Waals surface area (Å²) in [5.74, 6) is -0.0413. The summed E-state index contributed by atoms with van der Waals surface area (Å²) in [6.45, 7) is 7.88. The molecule has 1 aromatic carbocycles. The summed E-state index contributed by atoms with van der Waals surface area (Å²) in [5.41, 5.74) is 3.77. The fourth-order valence-electron chi connectivity index (χ4n) is 2.38. The summed E-state index contributed by atoms with van der Waals surface area (Å²) >= 11 is 5.96. The summed E-state index contributed by atoms with van der Waals surface area (Å²) in [7, 11) is 0. The van der Waals surface area contributed by atoms with Crippen LogP contribution < -0.4 is 5.32 Å². The van der Waals surface area contributed by atoms with Gasteiger partial charge in [0.15, 0.2) is 0 Å². The highest BCUT2D eigenvalue weighted by atomic mass is 35.5. The number of nitrogens with zero attached hydrogens (tertiary/aromatic N) is 2. The minimum atomic E-state index is -0.0413. The molecule has 112 valence electrons. The third-order valence-electron chi connectivity index (χ3n) is 3.42. The van der Waals surface area contributed by atoms with Crippen LogP contribution in [0.3, 0.4) is 0 Å². The number of nitrogens with one attached hydrogen (secondary N) is 1. The molecule has 0 radical (unpaired) electrons. The van der Waals surface area contributed by atoms with E-state index in [-0.39, 0.29) is 11.9 Å². The van der Waals surface area contributed by atoms with Gasteiger partial charge in [-0.25, -0.2) is 0 Å². The van der Waals surface area contributed by atoms with E-state index >= 15 is 0 Å². The molecule has 21 heavy (non-hydrogen) atoms. The molecule has 0 spiro atoms. The van der Waals surface area contributed by atoms with Crippen molar-refractivity contribution in [2.75, 3.05) is 5.32 Å². The molecular formula is C16H20ClN3O. The molecule has 1 amide bonds. The molecule has 5 heteroatoms. The van der Waals surface area contributed by atoms with Crippen molar-refractivity contribution in [3.8, 4) is 0 Å². The number of hydrogen-bond donors (Lipinski definition) is 1. The smallest absolute Gasteiger partial charge is 0.226 e. The molecule has 0 aliphatic rings. The highest BCUT2D eigenvalue weighted by Crippen LogP contribution is 2.21. The third-order valence-corrected chi connectivity index (χ3v) is 3.65. The minimum absolute atomic E-state index is 0.0122. The molecule has 1 atom stereocenters. The Morgan fingerprint density at radius 3 is 2.67 bits per heavy atom. The van der Waals surface area contributed by atoms with Crippen LogP contribution in [0.15, 0.2) is 24.3 Å². The zero-order valence-corrected chi connectivity index (χ0v) is 13.5. The predicted octanol–water partition coefficient (Wildman–Crippen LogP) is 4.05. The molecule has 0 unspecified atom stereocenters. The van der Waals surface area contributed by atoms with E-state index < -0.39 is 0 Å². The van der Waals surface area contributed by atoms with Crippen molar-refractivity contribution >= 4 is 23.2 Å². The standard InChI is InChI=1S/C16H20ClN3O/c1-10-5-6-14(17)9-15(10)18-16(21)8-13(4)20-12(3)7-11(2)19-20/h5-7,9,13H,8H2,1-4H3,(H,18,21)/t13-/m0/s1. The summed E-state index contributed by atoms with van der Waals surface area (Å²) in [5, 5.41) is 7.94. The Labute approximate surface area is 130 Å². The fraction of sp³-hybridized carbons (Fsp3) is 0.375. The number of aromatic nitrogens is 2. The van der Waals surface area contributed by atoms with Crippen LogP contribution in [0.2, 0.25) is 5.02 Å². The molecule has 0 bridgehead atoms. The second kappa shape index (κ2) is 6.31. The number of rotatable bonds is 4. The van der Waals surface area contributed by atoms with Gasteiger partial charge in [-0.1, -0.05) is 17.7 Å². The summed E-state index contributed by atoms with van der Waals surface area (Å²) in [6.07, 6.45) is 0.369. The van der Waals surface area contributed by atoms with Crippen molar-refractivity contribution in [3.63, 3.8) is 0 Å². The Morgan fingerprint density at radius 2 is 2.05 bits per heavy atom. The van der Waals surface area contributed by atoms with Crippen molar-refractivity contribution in [2.24, 2.45) is 0 Å². The Balaban J connectivity index is 2.04. The molecule has 0 fully saturated rings. The highest BCUT2D eigenvalue weighted by Gasteiger charge is 2.14. The van der Waals surface area contributed by atoms with E-state index in [2.05, 4.69) is 10.4 Å². The molecule has 1 N–H and O–H groups in total. The van der Waals surface area contributed by atoms with Crippen molar-refractivity contribution in [2.45, 2.75) is 40.2 Å². The minimum Gasteiger partial charge on any atom is -0.326 e. The summed E-state index contributed by atoms with van der Waals surface area (Å²) < 4.78 is 1.89. The van der Waals surface area contributed by atoms with E-state index in [0.29, 0.717) is 11.4 Å². The van der Waals surface area contributed by atoms with Crippen molar-refractivity contribution < 1.29 is 4.79 Å². The zero-order chi connectivity index (χ0) is 15.6. The van der Waals surface area contributed by atoms with Crippen LogP contribution >= 0.6 is 11.6 Å². The second-order valence-electron chi connectivity index (χ2n) is 5.43. The molecule has 0 aliphatic carbocycles. The largest absolute Gasteiger partial charge is 0.326 e. The first kappa shape index (κ1) is 15.6. The van der Waals surface area contributed by atoms with Crippen molar-refractivity contribution in [1.82, 2.24) is 9.78 Å². The van der Waals surface area contributed by atoms with Crippen LogP contribution in [0.25, 0.3) is 0 Å². The fourth-order valence-corrected chi connectivity index (χ4v) is 2.55. The molecule has 2 rings (SSSR count). The van der Waals surface area contributed by atoms with Crippen LogP contribution in [0, 0.1) is 20.8 Å². The summed E-state index contributed by atoms with van der Waals surface area (Å²) in [4.78, 5) is 12.2. The van der Waals surface area contributed by atoms with Crippen LogP contribution in [-0.4, -0.2) is 15.7 Å². The van der Waals surface area contributed by atoms with E-state index in [1.54, 1.807) is 6.07 Å². The zero-order valence-electron chi connectivity index (χ0n) is 12.8.